The van der Waals surface area contributed by atoms with E-state index in [-0.39, 0.29) is 29.8 Å². The Bertz CT molecular complexity index is 1780. The Kier molecular flexibility index (Phi) is 10.2. The van der Waals surface area contributed by atoms with Crippen molar-refractivity contribution in [1.82, 2.24) is 24.9 Å². The third-order valence-corrected chi connectivity index (χ3v) is 9.39. The van der Waals surface area contributed by atoms with Crippen molar-refractivity contribution in [3.05, 3.63) is 74.4 Å². The lowest BCUT2D eigenvalue weighted by molar-refractivity contribution is -0.204. The molecule has 3 aromatic rings. The number of hydrogen-bond donors (Lipinski definition) is 2. The molecule has 2 saturated heterocycles. The Morgan fingerprint density at radius 2 is 1.88 bits per heavy atom. The summed E-state index contributed by atoms with van der Waals surface area (Å²) in [5.74, 6) is -1.31. The summed E-state index contributed by atoms with van der Waals surface area (Å²) in [4.78, 5) is 57.9. The molecule has 264 valence electrons. The number of carbonyl (C=O) groups excluding carboxylic acids is 2. The van der Waals surface area contributed by atoms with Crippen molar-refractivity contribution in [2.45, 2.75) is 101 Å². The van der Waals surface area contributed by atoms with E-state index in [2.05, 4.69) is 15.5 Å². The predicted molar refractivity (Wildman–Crippen MR) is 173 cm³/mol. The second-order valence-corrected chi connectivity index (χ2v) is 13.0. The molecule has 0 radical (unpaired) electrons. The molecule has 16 heteroatoms. The highest BCUT2D eigenvalue weighted by Crippen LogP contribution is 2.45. The van der Waals surface area contributed by atoms with Gasteiger partial charge in [0, 0.05) is 29.9 Å². The van der Waals surface area contributed by atoms with Crippen LogP contribution in [0, 0.1) is 0 Å². The molecule has 2 aromatic heterocycles. The lowest BCUT2D eigenvalue weighted by atomic mass is 9.94. The van der Waals surface area contributed by atoms with Crippen LogP contribution in [0.1, 0.15) is 73.9 Å². The van der Waals surface area contributed by atoms with Gasteiger partial charge in [0.25, 0.3) is 11.5 Å². The molecule has 0 bridgehead atoms. The number of nitrogens with one attached hydrogen (secondary N) is 2. The van der Waals surface area contributed by atoms with Crippen LogP contribution in [-0.2, 0) is 31.4 Å². The fourth-order valence-electron chi connectivity index (χ4n) is 6.87. The largest absolute Gasteiger partial charge is 0.497 e. The van der Waals surface area contributed by atoms with E-state index in [1.807, 2.05) is 0 Å². The Hall–Kier alpha value is -4.18. The first kappa shape index (κ1) is 34.7. The molecule has 1 unspecified atom stereocenters. The van der Waals surface area contributed by atoms with Gasteiger partial charge >= 0.3 is 5.69 Å². The van der Waals surface area contributed by atoms with Crippen LogP contribution in [0.15, 0.2) is 50.8 Å². The van der Waals surface area contributed by atoms with Crippen LogP contribution in [0.3, 0.4) is 0 Å². The van der Waals surface area contributed by atoms with Gasteiger partial charge in [0.15, 0.2) is 17.8 Å². The minimum Gasteiger partial charge on any atom is -0.497 e. The topological polar surface area (TPSA) is 176 Å². The summed E-state index contributed by atoms with van der Waals surface area (Å²) < 4.78 is 36.7. The lowest BCUT2D eigenvalue weighted by Gasteiger charge is -2.37. The fourth-order valence-corrected chi connectivity index (χ4v) is 7.06. The molecule has 1 aromatic carbocycles. The molecular weight excluding hydrogens is 662 g/mol. The number of aromatic amines is 1. The number of carbonyl (C=O) groups is 2. The summed E-state index contributed by atoms with van der Waals surface area (Å²) >= 11 is 6.14. The summed E-state index contributed by atoms with van der Waals surface area (Å²) in [5.41, 5.74) is -0.705. The number of aromatic nitrogens is 3. The Morgan fingerprint density at radius 1 is 1.12 bits per heavy atom. The standard InChI is InChI=1S/C33H40ClN5O10/c1-33(2)47-27-26(46-31(28(27)48-33)38-13-12-24(40)37-32(38)43)25(29(41)36-19-8-6-5-7-9-19)39(30(42)21-16-35-49-23(21)15-34)17-18-10-11-20(44-3)14-22(18)45-4/h10-14,16,19,25-28,31H,5-9,15,17H2,1-4H3,(H,36,41)(H,37,40,43)/t25?,26-,27-,28-,31-/m1/s1. The van der Waals surface area contributed by atoms with Crippen LogP contribution >= 0.6 is 11.6 Å². The SMILES string of the molecule is COc1ccc(CN(C(=O)c2cnoc2CCl)C(C(=O)NC2CCCCC2)[C@H]2O[C@@H](n3ccc(=O)[nH]c3=O)[C@@H]3OC(C)(C)O[C@@H]32)c(OC)c1. The molecule has 1 aliphatic carbocycles. The second kappa shape index (κ2) is 14.4. The third-order valence-electron chi connectivity index (χ3n) is 9.15. The van der Waals surface area contributed by atoms with Crippen LogP contribution in [-0.4, -0.2) is 81.8 Å². The van der Waals surface area contributed by atoms with Crippen LogP contribution in [0.4, 0.5) is 0 Å². The zero-order valence-electron chi connectivity index (χ0n) is 27.7. The zero-order chi connectivity index (χ0) is 34.9. The number of amides is 2. The molecule has 6 rings (SSSR count). The van der Waals surface area contributed by atoms with Gasteiger partial charge in [0.1, 0.15) is 41.4 Å². The predicted octanol–water partition coefficient (Wildman–Crippen LogP) is 2.86. The van der Waals surface area contributed by atoms with Gasteiger partial charge < -0.3 is 38.4 Å². The quantitative estimate of drug-likeness (QED) is 0.281. The number of fused-ring (bicyclic) bond motifs is 1. The summed E-state index contributed by atoms with van der Waals surface area (Å²) in [6, 6.07) is 4.86. The fraction of sp³-hybridized carbons (Fsp3) is 0.545. The van der Waals surface area contributed by atoms with Gasteiger partial charge in [-0.15, -0.1) is 11.6 Å². The van der Waals surface area contributed by atoms with Crippen molar-refractivity contribution >= 4 is 23.4 Å². The van der Waals surface area contributed by atoms with Crippen LogP contribution in [0.5, 0.6) is 11.5 Å². The molecule has 3 fully saturated rings. The van der Waals surface area contributed by atoms with E-state index in [9.17, 15) is 19.2 Å². The third kappa shape index (κ3) is 7.11. The number of nitrogens with zero attached hydrogens (tertiary/aromatic N) is 3. The highest BCUT2D eigenvalue weighted by atomic mass is 35.5. The second-order valence-electron chi connectivity index (χ2n) is 12.8. The first-order valence-electron chi connectivity index (χ1n) is 16.2. The Morgan fingerprint density at radius 3 is 2.57 bits per heavy atom. The van der Waals surface area contributed by atoms with Gasteiger partial charge in [-0.1, -0.05) is 24.4 Å². The van der Waals surface area contributed by atoms with E-state index in [0.29, 0.717) is 17.1 Å². The highest BCUT2D eigenvalue weighted by molar-refractivity contribution is 6.17. The van der Waals surface area contributed by atoms with E-state index < -0.39 is 59.4 Å². The van der Waals surface area contributed by atoms with Crippen molar-refractivity contribution in [1.29, 1.82) is 0 Å². The smallest absolute Gasteiger partial charge is 0.330 e. The average molecular weight is 702 g/mol. The zero-order valence-corrected chi connectivity index (χ0v) is 28.4. The van der Waals surface area contributed by atoms with Gasteiger partial charge in [0.05, 0.1) is 32.8 Å². The van der Waals surface area contributed by atoms with Gasteiger partial charge in [-0.2, -0.15) is 0 Å². The van der Waals surface area contributed by atoms with E-state index >= 15 is 0 Å². The minimum absolute atomic E-state index is 0.0600. The summed E-state index contributed by atoms with van der Waals surface area (Å²) in [5, 5.41) is 6.97. The van der Waals surface area contributed by atoms with E-state index in [4.69, 9.17) is 39.8 Å². The number of hydrogen-bond acceptors (Lipinski definition) is 11. The number of H-pyrrole nitrogens is 1. The lowest BCUT2D eigenvalue weighted by Crippen LogP contribution is -2.59. The van der Waals surface area contributed by atoms with Gasteiger partial charge in [0.2, 0.25) is 5.91 Å². The monoisotopic (exact) mass is 701 g/mol. The van der Waals surface area contributed by atoms with Crippen molar-refractivity contribution < 1.29 is 37.8 Å². The van der Waals surface area contributed by atoms with Crippen LogP contribution < -0.4 is 26.0 Å². The van der Waals surface area contributed by atoms with Gasteiger partial charge in [-0.3, -0.25) is 23.9 Å². The van der Waals surface area contributed by atoms with E-state index in [0.717, 1.165) is 32.1 Å². The summed E-state index contributed by atoms with van der Waals surface area (Å²) in [6.07, 6.45) is 2.98. The molecule has 15 nitrogen and oxygen atoms in total. The number of methoxy groups -OCH3 is 2. The summed E-state index contributed by atoms with van der Waals surface area (Å²) in [6.45, 7) is 3.29. The van der Waals surface area contributed by atoms with Crippen molar-refractivity contribution in [2.24, 2.45) is 0 Å². The Labute approximate surface area is 286 Å². The maximum atomic E-state index is 14.7. The maximum Gasteiger partial charge on any atom is 0.330 e. The molecular formula is C33H40ClN5O10. The number of ether oxygens (including phenoxy) is 5. The molecule has 49 heavy (non-hydrogen) atoms. The highest BCUT2D eigenvalue weighted by Gasteiger charge is 2.60. The molecule has 2 N–H and O–H groups in total. The van der Waals surface area contributed by atoms with E-state index in [1.54, 1.807) is 32.0 Å². The molecule has 2 amide bonds. The molecule has 2 aliphatic heterocycles. The molecule has 5 atom stereocenters. The van der Waals surface area contributed by atoms with Gasteiger partial charge in [-0.25, -0.2) is 4.79 Å². The Balaban J connectivity index is 1.49. The van der Waals surface area contributed by atoms with Crippen molar-refractivity contribution in [3.63, 3.8) is 0 Å². The first-order chi connectivity index (χ1) is 23.5. The van der Waals surface area contributed by atoms with E-state index in [1.165, 1.54) is 42.1 Å². The molecule has 0 spiro atoms. The molecule has 1 saturated carbocycles. The molecule has 4 heterocycles. The number of halogens is 1. The van der Waals surface area contributed by atoms with Gasteiger partial charge in [-0.05, 0) is 38.8 Å². The number of benzene rings is 1. The minimum atomic E-state index is -1.34. The van der Waals surface area contributed by atoms with Crippen LogP contribution in [0.2, 0.25) is 0 Å². The summed E-state index contributed by atoms with van der Waals surface area (Å²) in [7, 11) is 3.02. The van der Waals surface area contributed by atoms with Crippen LogP contribution in [0.25, 0.3) is 0 Å². The van der Waals surface area contributed by atoms with Crippen molar-refractivity contribution in [2.75, 3.05) is 14.2 Å². The number of alkyl halides is 1. The number of rotatable bonds is 11. The van der Waals surface area contributed by atoms with Crippen molar-refractivity contribution in [3.8, 4) is 11.5 Å². The first-order valence-corrected chi connectivity index (χ1v) is 16.7. The maximum absolute atomic E-state index is 14.7. The molecule has 3 aliphatic rings. The average Bonchev–Trinajstić information content (AvgIpc) is 3.78. The normalized spacial score (nSPS) is 23.9.